The van der Waals surface area contributed by atoms with Crippen LogP contribution in [-0.2, 0) is 19.1 Å². The molecule has 2 N–H and O–H groups in total. The molecular formula is C24H22F6N2O. The Balaban J connectivity index is 1.61. The van der Waals surface area contributed by atoms with E-state index in [2.05, 4.69) is 10.3 Å². The summed E-state index contributed by atoms with van der Waals surface area (Å²) in [5.41, 5.74) is -1.18. The maximum Gasteiger partial charge on any atom is 0.433 e. The zero-order valence-electron chi connectivity index (χ0n) is 17.5. The van der Waals surface area contributed by atoms with Gasteiger partial charge in [0.25, 0.3) is 0 Å². The van der Waals surface area contributed by atoms with Gasteiger partial charge in [-0.3, -0.25) is 0 Å². The third kappa shape index (κ3) is 4.99. The van der Waals surface area contributed by atoms with Gasteiger partial charge >= 0.3 is 12.4 Å². The molecular weight excluding hydrogens is 446 g/mol. The highest BCUT2D eigenvalue weighted by Crippen LogP contribution is 2.45. The molecule has 0 spiro atoms. The molecule has 4 rings (SSSR count). The van der Waals surface area contributed by atoms with Crippen molar-refractivity contribution in [1.82, 2.24) is 10.3 Å². The van der Waals surface area contributed by atoms with Crippen molar-refractivity contribution in [3.63, 3.8) is 0 Å². The first-order valence-electron chi connectivity index (χ1n) is 10.6. The van der Waals surface area contributed by atoms with E-state index in [1.807, 2.05) is 42.5 Å². The SMILES string of the molecule is OC(CNCc1cccc2ccccc12)c1cc(C(F)(F)F)nc2c1CCCC2C(F)(F)F. The number of aliphatic hydroxyl groups excluding tert-OH is 1. The molecule has 1 heterocycles. The third-order valence-corrected chi connectivity index (χ3v) is 6.02. The molecule has 1 aliphatic carbocycles. The smallest absolute Gasteiger partial charge is 0.387 e. The summed E-state index contributed by atoms with van der Waals surface area (Å²) < 4.78 is 80.7. The lowest BCUT2D eigenvalue weighted by molar-refractivity contribution is -0.156. The summed E-state index contributed by atoms with van der Waals surface area (Å²) in [7, 11) is 0. The van der Waals surface area contributed by atoms with Gasteiger partial charge in [-0.05, 0) is 52.8 Å². The molecule has 0 aliphatic heterocycles. The second-order valence-corrected chi connectivity index (χ2v) is 8.23. The summed E-state index contributed by atoms with van der Waals surface area (Å²) in [5, 5.41) is 15.8. The molecule has 2 unspecified atom stereocenters. The Labute approximate surface area is 186 Å². The van der Waals surface area contributed by atoms with Crippen molar-refractivity contribution in [3.8, 4) is 0 Å². The Kier molecular flexibility index (Phi) is 6.37. The zero-order valence-corrected chi connectivity index (χ0v) is 17.5. The second-order valence-electron chi connectivity index (χ2n) is 8.23. The molecule has 2 atom stereocenters. The highest BCUT2D eigenvalue weighted by atomic mass is 19.4. The summed E-state index contributed by atoms with van der Waals surface area (Å²) in [6.07, 6.45) is -11.1. The van der Waals surface area contributed by atoms with E-state index in [0.29, 0.717) is 12.6 Å². The van der Waals surface area contributed by atoms with Gasteiger partial charge in [0, 0.05) is 13.1 Å². The summed E-state index contributed by atoms with van der Waals surface area (Å²) in [5.74, 6) is -2.07. The van der Waals surface area contributed by atoms with Gasteiger partial charge in [-0.25, -0.2) is 4.98 Å². The maximum atomic E-state index is 13.5. The standard InChI is InChI=1S/C24H22F6N2O/c25-23(26,27)19-10-4-9-17-18(11-21(24(28,29)30)32-22(17)19)20(33)13-31-12-15-7-3-6-14-5-1-2-8-16(14)15/h1-3,5-8,11,19-20,31,33H,4,9-10,12-13H2. The first-order valence-corrected chi connectivity index (χ1v) is 10.6. The van der Waals surface area contributed by atoms with Crippen molar-refractivity contribution >= 4 is 10.8 Å². The number of pyridine rings is 1. The predicted molar refractivity (Wildman–Crippen MR) is 112 cm³/mol. The van der Waals surface area contributed by atoms with Crippen molar-refractivity contribution in [1.29, 1.82) is 0 Å². The Bertz CT molecular complexity index is 1140. The van der Waals surface area contributed by atoms with Gasteiger partial charge in [-0.1, -0.05) is 42.5 Å². The van der Waals surface area contributed by atoms with Crippen LogP contribution in [0.4, 0.5) is 26.3 Å². The highest BCUT2D eigenvalue weighted by Gasteiger charge is 2.46. The van der Waals surface area contributed by atoms with E-state index in [1.54, 1.807) is 0 Å². The van der Waals surface area contributed by atoms with Crippen molar-refractivity contribution in [3.05, 3.63) is 76.6 Å². The first kappa shape index (κ1) is 23.5. The Morgan fingerprint density at radius 3 is 2.48 bits per heavy atom. The summed E-state index contributed by atoms with van der Waals surface area (Å²) in [6, 6.07) is 14.1. The van der Waals surface area contributed by atoms with E-state index in [0.717, 1.165) is 16.3 Å². The van der Waals surface area contributed by atoms with Crippen LogP contribution in [0.2, 0.25) is 0 Å². The number of nitrogens with zero attached hydrogens (tertiary/aromatic N) is 1. The molecule has 3 nitrogen and oxygen atoms in total. The van der Waals surface area contributed by atoms with Gasteiger partial charge in [-0.2, -0.15) is 26.3 Å². The molecule has 0 amide bonds. The average Bonchev–Trinajstić information content (AvgIpc) is 2.76. The van der Waals surface area contributed by atoms with E-state index in [9.17, 15) is 31.4 Å². The third-order valence-electron chi connectivity index (χ3n) is 6.02. The Morgan fingerprint density at radius 2 is 1.76 bits per heavy atom. The lowest BCUT2D eigenvalue weighted by Gasteiger charge is -2.30. The van der Waals surface area contributed by atoms with Crippen LogP contribution in [0, 0.1) is 0 Å². The number of benzene rings is 2. The van der Waals surface area contributed by atoms with Crippen LogP contribution >= 0.6 is 0 Å². The van der Waals surface area contributed by atoms with Gasteiger partial charge in [0.1, 0.15) is 5.69 Å². The molecule has 0 saturated heterocycles. The van der Waals surface area contributed by atoms with E-state index in [-0.39, 0.29) is 36.9 Å². The normalized spacial score (nSPS) is 17.7. The minimum Gasteiger partial charge on any atom is -0.387 e. The van der Waals surface area contributed by atoms with E-state index in [4.69, 9.17) is 0 Å². The number of nitrogens with one attached hydrogen (secondary N) is 1. The van der Waals surface area contributed by atoms with E-state index < -0.39 is 35.8 Å². The van der Waals surface area contributed by atoms with Gasteiger partial charge in [0.15, 0.2) is 0 Å². The number of hydrogen-bond donors (Lipinski definition) is 2. The average molecular weight is 468 g/mol. The van der Waals surface area contributed by atoms with E-state index >= 15 is 0 Å². The predicted octanol–water partition coefficient (Wildman–Crippen LogP) is 6.06. The van der Waals surface area contributed by atoms with Crippen LogP contribution in [0.25, 0.3) is 10.8 Å². The molecule has 0 radical (unpaired) electrons. The molecule has 33 heavy (non-hydrogen) atoms. The largest absolute Gasteiger partial charge is 0.433 e. The van der Waals surface area contributed by atoms with Crippen molar-refractivity contribution in [2.24, 2.45) is 0 Å². The second kappa shape index (κ2) is 8.95. The van der Waals surface area contributed by atoms with Gasteiger partial charge < -0.3 is 10.4 Å². The molecule has 176 valence electrons. The summed E-state index contributed by atoms with van der Waals surface area (Å²) in [4.78, 5) is 3.36. The van der Waals surface area contributed by atoms with Crippen molar-refractivity contribution in [2.75, 3.05) is 6.54 Å². The highest BCUT2D eigenvalue weighted by molar-refractivity contribution is 5.85. The summed E-state index contributed by atoms with van der Waals surface area (Å²) in [6.45, 7) is 0.219. The number of hydrogen-bond acceptors (Lipinski definition) is 3. The topological polar surface area (TPSA) is 45.1 Å². The number of fused-ring (bicyclic) bond motifs is 2. The molecule has 0 bridgehead atoms. The van der Waals surface area contributed by atoms with Crippen LogP contribution < -0.4 is 5.32 Å². The molecule has 1 aliphatic rings. The molecule has 0 fully saturated rings. The Morgan fingerprint density at radius 1 is 1.03 bits per heavy atom. The summed E-state index contributed by atoms with van der Waals surface area (Å²) >= 11 is 0. The van der Waals surface area contributed by atoms with Crippen LogP contribution in [0.1, 0.15) is 52.9 Å². The number of aromatic nitrogens is 1. The van der Waals surface area contributed by atoms with Crippen LogP contribution in [-0.4, -0.2) is 22.8 Å². The number of aliphatic hydroxyl groups is 1. The quantitative estimate of drug-likeness (QED) is 0.448. The molecule has 2 aromatic carbocycles. The lowest BCUT2D eigenvalue weighted by atomic mass is 9.82. The van der Waals surface area contributed by atoms with Gasteiger partial charge in [0.2, 0.25) is 0 Å². The number of halogens is 6. The molecule has 3 aromatic rings. The fourth-order valence-electron chi connectivity index (χ4n) is 4.45. The van der Waals surface area contributed by atoms with Crippen LogP contribution in [0.15, 0.2) is 48.5 Å². The minimum absolute atomic E-state index is 0.0658. The minimum atomic E-state index is -4.92. The monoisotopic (exact) mass is 468 g/mol. The fourth-order valence-corrected chi connectivity index (χ4v) is 4.45. The zero-order chi connectivity index (χ0) is 23.8. The molecule has 1 aromatic heterocycles. The van der Waals surface area contributed by atoms with Gasteiger partial charge in [-0.15, -0.1) is 0 Å². The van der Waals surface area contributed by atoms with Crippen molar-refractivity contribution in [2.45, 2.75) is 50.2 Å². The maximum absolute atomic E-state index is 13.5. The number of alkyl halides is 6. The van der Waals surface area contributed by atoms with Crippen molar-refractivity contribution < 1.29 is 31.4 Å². The van der Waals surface area contributed by atoms with Crippen LogP contribution in [0.5, 0.6) is 0 Å². The lowest BCUT2D eigenvalue weighted by Crippen LogP contribution is -2.30. The Hall–Kier alpha value is -2.65. The number of rotatable bonds is 5. The molecule has 9 heteroatoms. The fraction of sp³-hybridized carbons (Fsp3) is 0.375. The van der Waals surface area contributed by atoms with E-state index in [1.165, 1.54) is 0 Å². The molecule has 0 saturated carbocycles. The van der Waals surface area contributed by atoms with Crippen LogP contribution in [0.3, 0.4) is 0 Å². The first-order chi connectivity index (χ1) is 15.6. The van der Waals surface area contributed by atoms with Gasteiger partial charge in [0.05, 0.1) is 17.7 Å².